The Morgan fingerprint density at radius 1 is 1.11 bits per heavy atom. The largest absolute Gasteiger partial charge is 0.370 e. The first-order valence-electron chi connectivity index (χ1n) is 7.42. The molecule has 0 amide bonds. The third kappa shape index (κ3) is 5.60. The SMILES string of the molecule is CC(C)CCN(CCC(C)C)c1cnccc1CN. The summed E-state index contributed by atoms with van der Waals surface area (Å²) in [4.78, 5) is 6.72. The number of hydrogen-bond acceptors (Lipinski definition) is 3. The van der Waals surface area contributed by atoms with Crippen LogP contribution < -0.4 is 10.6 Å². The second-order valence-corrected chi connectivity index (χ2v) is 6.06. The molecule has 3 heteroatoms. The van der Waals surface area contributed by atoms with Crippen molar-refractivity contribution in [1.82, 2.24) is 4.98 Å². The van der Waals surface area contributed by atoms with E-state index < -0.39 is 0 Å². The van der Waals surface area contributed by atoms with E-state index in [4.69, 9.17) is 5.73 Å². The summed E-state index contributed by atoms with van der Waals surface area (Å²) in [5.41, 5.74) is 8.26. The first kappa shape index (κ1) is 16.0. The van der Waals surface area contributed by atoms with Crippen molar-refractivity contribution in [3.63, 3.8) is 0 Å². The molecule has 0 aliphatic heterocycles. The molecule has 1 aromatic rings. The number of aromatic nitrogens is 1. The molecule has 0 bridgehead atoms. The third-order valence-electron chi connectivity index (χ3n) is 3.40. The molecule has 0 saturated heterocycles. The summed E-state index contributed by atoms with van der Waals surface area (Å²) in [6, 6.07) is 2.03. The van der Waals surface area contributed by atoms with Gasteiger partial charge < -0.3 is 10.6 Å². The van der Waals surface area contributed by atoms with Crippen LogP contribution in [-0.2, 0) is 6.54 Å². The average molecular weight is 263 g/mol. The molecule has 0 radical (unpaired) electrons. The minimum absolute atomic E-state index is 0.581. The topological polar surface area (TPSA) is 42.2 Å². The molecule has 0 saturated carbocycles. The van der Waals surface area contributed by atoms with Crippen molar-refractivity contribution in [1.29, 1.82) is 0 Å². The predicted molar refractivity (Wildman–Crippen MR) is 83.3 cm³/mol. The van der Waals surface area contributed by atoms with Crippen LogP contribution in [0.1, 0.15) is 46.1 Å². The van der Waals surface area contributed by atoms with E-state index in [0.29, 0.717) is 6.54 Å². The highest BCUT2D eigenvalue weighted by molar-refractivity contribution is 5.51. The number of nitrogens with two attached hydrogens (primary N) is 1. The summed E-state index contributed by atoms with van der Waals surface area (Å²) in [6.45, 7) is 11.8. The highest BCUT2D eigenvalue weighted by atomic mass is 15.1. The first-order valence-corrected chi connectivity index (χ1v) is 7.42. The molecule has 1 heterocycles. The van der Waals surface area contributed by atoms with E-state index in [2.05, 4.69) is 37.6 Å². The van der Waals surface area contributed by atoms with Gasteiger partial charge in [0.1, 0.15) is 0 Å². The first-order chi connectivity index (χ1) is 9.04. The third-order valence-corrected chi connectivity index (χ3v) is 3.40. The van der Waals surface area contributed by atoms with Gasteiger partial charge in [-0.25, -0.2) is 0 Å². The Labute approximate surface area is 118 Å². The van der Waals surface area contributed by atoms with Crippen LogP contribution in [-0.4, -0.2) is 18.1 Å². The van der Waals surface area contributed by atoms with Crippen LogP contribution in [0.3, 0.4) is 0 Å². The van der Waals surface area contributed by atoms with Crippen molar-refractivity contribution in [2.24, 2.45) is 17.6 Å². The van der Waals surface area contributed by atoms with Crippen LogP contribution in [0.25, 0.3) is 0 Å². The molecule has 0 unspecified atom stereocenters. The molecular formula is C16H29N3. The standard InChI is InChI=1S/C16H29N3/c1-13(2)6-9-19(10-7-14(3)4)16-12-18-8-5-15(16)11-17/h5,8,12-14H,6-7,9-11,17H2,1-4H3. The van der Waals surface area contributed by atoms with Crippen molar-refractivity contribution in [2.45, 2.75) is 47.1 Å². The van der Waals surface area contributed by atoms with Gasteiger partial charge in [-0.1, -0.05) is 27.7 Å². The number of anilines is 1. The monoisotopic (exact) mass is 263 g/mol. The lowest BCUT2D eigenvalue weighted by Crippen LogP contribution is -2.29. The van der Waals surface area contributed by atoms with E-state index in [9.17, 15) is 0 Å². The zero-order chi connectivity index (χ0) is 14.3. The zero-order valence-corrected chi connectivity index (χ0v) is 12.9. The smallest absolute Gasteiger partial charge is 0.0598 e. The Morgan fingerprint density at radius 2 is 1.68 bits per heavy atom. The molecule has 0 aliphatic rings. The highest BCUT2D eigenvalue weighted by Crippen LogP contribution is 2.21. The molecule has 1 aromatic heterocycles. The number of rotatable bonds is 8. The van der Waals surface area contributed by atoms with E-state index >= 15 is 0 Å². The van der Waals surface area contributed by atoms with Crippen molar-refractivity contribution < 1.29 is 0 Å². The minimum Gasteiger partial charge on any atom is -0.370 e. The van der Waals surface area contributed by atoms with E-state index in [-0.39, 0.29) is 0 Å². The van der Waals surface area contributed by atoms with Gasteiger partial charge in [0.15, 0.2) is 0 Å². The van der Waals surface area contributed by atoms with E-state index in [1.54, 1.807) is 0 Å². The van der Waals surface area contributed by atoms with Crippen molar-refractivity contribution in [3.05, 3.63) is 24.0 Å². The van der Waals surface area contributed by atoms with Crippen LogP contribution in [0.15, 0.2) is 18.5 Å². The number of nitrogens with zero attached hydrogens (tertiary/aromatic N) is 2. The second-order valence-electron chi connectivity index (χ2n) is 6.06. The maximum Gasteiger partial charge on any atom is 0.0598 e. The van der Waals surface area contributed by atoms with Gasteiger partial charge in [-0.15, -0.1) is 0 Å². The van der Waals surface area contributed by atoms with Crippen molar-refractivity contribution in [3.8, 4) is 0 Å². The molecule has 0 fully saturated rings. The maximum atomic E-state index is 5.85. The average Bonchev–Trinajstić information content (AvgIpc) is 2.38. The molecule has 3 nitrogen and oxygen atoms in total. The predicted octanol–water partition coefficient (Wildman–Crippen LogP) is 3.44. The van der Waals surface area contributed by atoms with Gasteiger partial charge >= 0.3 is 0 Å². The highest BCUT2D eigenvalue weighted by Gasteiger charge is 2.12. The minimum atomic E-state index is 0.581. The van der Waals surface area contributed by atoms with Gasteiger partial charge in [-0.05, 0) is 36.3 Å². The number of hydrogen-bond donors (Lipinski definition) is 1. The summed E-state index contributed by atoms with van der Waals surface area (Å²) >= 11 is 0. The van der Waals surface area contributed by atoms with Crippen molar-refractivity contribution in [2.75, 3.05) is 18.0 Å². The summed E-state index contributed by atoms with van der Waals surface area (Å²) in [5, 5.41) is 0. The van der Waals surface area contributed by atoms with E-state index in [1.807, 2.05) is 18.5 Å². The Morgan fingerprint density at radius 3 is 2.16 bits per heavy atom. The van der Waals surface area contributed by atoms with E-state index in [1.165, 1.54) is 24.1 Å². The van der Waals surface area contributed by atoms with Gasteiger partial charge in [0.2, 0.25) is 0 Å². The maximum absolute atomic E-state index is 5.85. The zero-order valence-electron chi connectivity index (χ0n) is 12.9. The van der Waals surface area contributed by atoms with Gasteiger partial charge in [0.25, 0.3) is 0 Å². The molecule has 2 N–H and O–H groups in total. The molecule has 0 aromatic carbocycles. The van der Waals surface area contributed by atoms with Crippen LogP contribution >= 0.6 is 0 Å². The van der Waals surface area contributed by atoms with Crippen LogP contribution in [0.2, 0.25) is 0 Å². The van der Waals surface area contributed by atoms with Crippen LogP contribution in [0.5, 0.6) is 0 Å². The molecule has 108 valence electrons. The van der Waals surface area contributed by atoms with Gasteiger partial charge in [-0.3, -0.25) is 4.98 Å². The van der Waals surface area contributed by atoms with Crippen molar-refractivity contribution >= 4 is 5.69 Å². The Kier molecular flexibility index (Phi) is 6.85. The second kappa shape index (κ2) is 8.16. The summed E-state index contributed by atoms with van der Waals surface area (Å²) < 4.78 is 0. The van der Waals surface area contributed by atoms with Crippen LogP contribution in [0.4, 0.5) is 5.69 Å². The molecular weight excluding hydrogens is 234 g/mol. The molecule has 0 aliphatic carbocycles. The lowest BCUT2D eigenvalue weighted by atomic mass is 10.1. The van der Waals surface area contributed by atoms with Gasteiger partial charge in [-0.2, -0.15) is 0 Å². The Balaban J connectivity index is 2.81. The normalized spacial score (nSPS) is 11.3. The fourth-order valence-corrected chi connectivity index (χ4v) is 2.05. The molecule has 0 spiro atoms. The van der Waals surface area contributed by atoms with Crippen LogP contribution in [0, 0.1) is 11.8 Å². The molecule has 0 atom stereocenters. The Hall–Kier alpha value is -1.09. The van der Waals surface area contributed by atoms with Gasteiger partial charge in [0, 0.05) is 25.8 Å². The summed E-state index contributed by atoms with van der Waals surface area (Å²) in [6.07, 6.45) is 6.20. The van der Waals surface area contributed by atoms with Gasteiger partial charge in [0.05, 0.1) is 11.9 Å². The summed E-state index contributed by atoms with van der Waals surface area (Å²) in [7, 11) is 0. The summed E-state index contributed by atoms with van der Waals surface area (Å²) in [5.74, 6) is 1.44. The molecule has 1 rings (SSSR count). The lowest BCUT2D eigenvalue weighted by Gasteiger charge is -2.28. The molecule has 19 heavy (non-hydrogen) atoms. The number of pyridine rings is 1. The fourth-order valence-electron chi connectivity index (χ4n) is 2.05. The Bertz CT molecular complexity index is 349. The van der Waals surface area contributed by atoms with E-state index in [0.717, 1.165) is 24.9 Å². The quantitative estimate of drug-likeness (QED) is 0.781. The lowest BCUT2D eigenvalue weighted by molar-refractivity contribution is 0.534. The fraction of sp³-hybridized carbons (Fsp3) is 0.688.